The van der Waals surface area contributed by atoms with Crippen LogP contribution in [0.1, 0.15) is 16.8 Å². The Kier molecular flexibility index (Phi) is 4.73. The van der Waals surface area contributed by atoms with Crippen LogP contribution in [-0.4, -0.2) is 34.6 Å². The molecule has 0 atom stereocenters. The summed E-state index contributed by atoms with van der Waals surface area (Å²) in [5.74, 6) is 2.17. The van der Waals surface area contributed by atoms with Crippen molar-refractivity contribution in [3.8, 4) is 22.9 Å². The Morgan fingerprint density at radius 2 is 1.86 bits per heavy atom. The number of aromatic amines is 1. The van der Waals surface area contributed by atoms with E-state index in [1.54, 1.807) is 12.1 Å². The SMILES string of the molecule is O=c1[nH]c(-c2ccc(Cl)cc2)nc2c1CCN(Cc1ccc3c(c1)OCCO3)C2. The van der Waals surface area contributed by atoms with Gasteiger partial charge in [0.15, 0.2) is 11.5 Å². The molecule has 0 amide bonds. The molecule has 0 saturated heterocycles. The van der Waals surface area contributed by atoms with Crippen molar-refractivity contribution in [2.45, 2.75) is 19.5 Å². The fourth-order valence-electron chi connectivity index (χ4n) is 3.82. The normalized spacial score (nSPS) is 15.8. The Hall–Kier alpha value is -2.83. The lowest BCUT2D eigenvalue weighted by Crippen LogP contribution is -2.35. The van der Waals surface area contributed by atoms with E-state index >= 15 is 0 Å². The number of hydrogen-bond donors (Lipinski definition) is 1. The van der Waals surface area contributed by atoms with Crippen LogP contribution in [-0.2, 0) is 19.5 Å². The van der Waals surface area contributed by atoms with E-state index in [0.29, 0.717) is 37.0 Å². The van der Waals surface area contributed by atoms with Gasteiger partial charge in [0.2, 0.25) is 0 Å². The second kappa shape index (κ2) is 7.54. The average Bonchev–Trinajstić information content (AvgIpc) is 2.74. The van der Waals surface area contributed by atoms with Crippen LogP contribution in [0.2, 0.25) is 5.02 Å². The molecule has 148 valence electrons. The fraction of sp³-hybridized carbons (Fsp3) is 0.273. The van der Waals surface area contributed by atoms with Gasteiger partial charge in [0.25, 0.3) is 5.56 Å². The molecule has 0 unspecified atom stereocenters. The summed E-state index contributed by atoms with van der Waals surface area (Å²) in [6.07, 6.45) is 0.684. The minimum Gasteiger partial charge on any atom is -0.486 e. The number of H-pyrrole nitrogens is 1. The predicted molar refractivity (Wildman–Crippen MR) is 111 cm³/mol. The summed E-state index contributed by atoms with van der Waals surface area (Å²) in [6, 6.07) is 13.4. The van der Waals surface area contributed by atoms with E-state index in [-0.39, 0.29) is 5.56 Å². The Bertz CT molecular complexity index is 1110. The van der Waals surface area contributed by atoms with Crippen LogP contribution in [0.4, 0.5) is 0 Å². The average molecular weight is 410 g/mol. The first-order valence-electron chi connectivity index (χ1n) is 9.64. The molecular formula is C22H20ClN3O3. The van der Waals surface area contributed by atoms with E-state index in [9.17, 15) is 4.79 Å². The summed E-state index contributed by atoms with van der Waals surface area (Å²) in [4.78, 5) is 22.5. The molecule has 3 aromatic rings. The minimum atomic E-state index is -0.0565. The summed E-state index contributed by atoms with van der Waals surface area (Å²) in [7, 11) is 0. The number of halogens is 1. The molecule has 2 aromatic carbocycles. The zero-order valence-electron chi connectivity index (χ0n) is 15.8. The molecule has 7 heteroatoms. The highest BCUT2D eigenvalue weighted by Crippen LogP contribution is 2.31. The summed E-state index contributed by atoms with van der Waals surface area (Å²) in [6.45, 7) is 3.38. The standard InChI is InChI=1S/C22H20ClN3O3/c23-16-4-2-15(3-5-16)21-24-18-13-26(8-7-17(18)22(27)25-21)12-14-1-6-19-20(11-14)29-10-9-28-19/h1-6,11H,7-10,12-13H2,(H,24,25,27). The van der Waals surface area contributed by atoms with Gasteiger partial charge in [0.05, 0.1) is 5.69 Å². The van der Waals surface area contributed by atoms with Gasteiger partial charge in [-0.05, 0) is 48.4 Å². The molecule has 3 heterocycles. The van der Waals surface area contributed by atoms with Gasteiger partial charge in [0.1, 0.15) is 19.0 Å². The number of nitrogens with one attached hydrogen (secondary N) is 1. The number of ether oxygens (including phenoxy) is 2. The van der Waals surface area contributed by atoms with Crippen molar-refractivity contribution in [2.75, 3.05) is 19.8 Å². The molecule has 0 aliphatic carbocycles. The molecule has 5 rings (SSSR count). The van der Waals surface area contributed by atoms with Gasteiger partial charge in [-0.2, -0.15) is 0 Å². The van der Waals surface area contributed by atoms with E-state index in [0.717, 1.165) is 47.0 Å². The highest BCUT2D eigenvalue weighted by Gasteiger charge is 2.22. The Balaban J connectivity index is 1.38. The van der Waals surface area contributed by atoms with E-state index < -0.39 is 0 Å². The molecule has 0 saturated carbocycles. The minimum absolute atomic E-state index is 0.0565. The van der Waals surface area contributed by atoms with Crippen molar-refractivity contribution in [3.63, 3.8) is 0 Å². The van der Waals surface area contributed by atoms with Gasteiger partial charge < -0.3 is 14.5 Å². The van der Waals surface area contributed by atoms with Crippen LogP contribution in [0, 0.1) is 0 Å². The number of fused-ring (bicyclic) bond motifs is 2. The topological polar surface area (TPSA) is 67.5 Å². The van der Waals surface area contributed by atoms with E-state index in [4.69, 9.17) is 26.1 Å². The number of nitrogens with zero attached hydrogens (tertiary/aromatic N) is 2. The number of benzene rings is 2. The van der Waals surface area contributed by atoms with Gasteiger partial charge in [-0.15, -0.1) is 0 Å². The predicted octanol–water partition coefficient (Wildman–Crippen LogP) is 3.42. The van der Waals surface area contributed by atoms with Crippen LogP contribution in [0.15, 0.2) is 47.3 Å². The van der Waals surface area contributed by atoms with Gasteiger partial charge in [-0.1, -0.05) is 17.7 Å². The summed E-state index contributed by atoms with van der Waals surface area (Å²) in [5.41, 5.74) is 3.56. The first-order chi connectivity index (χ1) is 14.2. The molecule has 0 fully saturated rings. The Labute approximate surface area is 173 Å². The van der Waals surface area contributed by atoms with Gasteiger partial charge in [-0.25, -0.2) is 4.98 Å². The third-order valence-corrected chi connectivity index (χ3v) is 5.53. The number of rotatable bonds is 3. The van der Waals surface area contributed by atoms with Crippen molar-refractivity contribution < 1.29 is 9.47 Å². The lowest BCUT2D eigenvalue weighted by molar-refractivity contribution is 0.171. The summed E-state index contributed by atoms with van der Waals surface area (Å²) in [5, 5.41) is 0.652. The monoisotopic (exact) mass is 409 g/mol. The maximum absolute atomic E-state index is 12.6. The Morgan fingerprint density at radius 1 is 1.07 bits per heavy atom. The van der Waals surface area contributed by atoms with Crippen molar-refractivity contribution in [1.29, 1.82) is 0 Å². The van der Waals surface area contributed by atoms with Gasteiger partial charge in [0, 0.05) is 35.8 Å². The molecule has 1 aromatic heterocycles. The quantitative estimate of drug-likeness (QED) is 0.718. The largest absolute Gasteiger partial charge is 0.486 e. The first-order valence-corrected chi connectivity index (χ1v) is 10.0. The van der Waals surface area contributed by atoms with E-state index in [2.05, 4.69) is 16.0 Å². The molecule has 0 spiro atoms. The van der Waals surface area contributed by atoms with Crippen LogP contribution in [0.25, 0.3) is 11.4 Å². The second-order valence-electron chi connectivity index (χ2n) is 7.29. The lowest BCUT2D eigenvalue weighted by Gasteiger charge is -2.28. The van der Waals surface area contributed by atoms with Crippen molar-refractivity contribution in [1.82, 2.24) is 14.9 Å². The lowest BCUT2D eigenvalue weighted by atomic mass is 10.0. The smallest absolute Gasteiger partial charge is 0.254 e. The van der Waals surface area contributed by atoms with Crippen molar-refractivity contribution >= 4 is 11.6 Å². The maximum atomic E-state index is 12.6. The zero-order chi connectivity index (χ0) is 19.8. The third-order valence-electron chi connectivity index (χ3n) is 5.28. The molecule has 1 N–H and O–H groups in total. The summed E-state index contributed by atoms with van der Waals surface area (Å²) >= 11 is 5.97. The fourth-order valence-corrected chi connectivity index (χ4v) is 3.94. The third kappa shape index (κ3) is 3.73. The van der Waals surface area contributed by atoms with Crippen LogP contribution < -0.4 is 15.0 Å². The molecule has 0 radical (unpaired) electrons. The second-order valence-corrected chi connectivity index (χ2v) is 7.72. The van der Waals surface area contributed by atoms with Crippen molar-refractivity contribution in [3.05, 3.63) is 74.7 Å². The first kappa shape index (κ1) is 18.2. The van der Waals surface area contributed by atoms with Gasteiger partial charge >= 0.3 is 0 Å². The Morgan fingerprint density at radius 3 is 2.69 bits per heavy atom. The van der Waals surface area contributed by atoms with Gasteiger partial charge in [-0.3, -0.25) is 9.69 Å². The zero-order valence-corrected chi connectivity index (χ0v) is 16.5. The number of aromatic nitrogens is 2. The highest BCUT2D eigenvalue weighted by atomic mass is 35.5. The molecule has 0 bridgehead atoms. The molecule has 2 aliphatic rings. The highest BCUT2D eigenvalue weighted by molar-refractivity contribution is 6.30. The van der Waals surface area contributed by atoms with E-state index in [1.165, 1.54) is 0 Å². The van der Waals surface area contributed by atoms with Crippen LogP contribution in [0.5, 0.6) is 11.5 Å². The van der Waals surface area contributed by atoms with Crippen molar-refractivity contribution in [2.24, 2.45) is 0 Å². The van der Waals surface area contributed by atoms with Crippen LogP contribution in [0.3, 0.4) is 0 Å². The van der Waals surface area contributed by atoms with E-state index in [1.807, 2.05) is 24.3 Å². The molecule has 2 aliphatic heterocycles. The maximum Gasteiger partial charge on any atom is 0.254 e. The summed E-state index contributed by atoms with van der Waals surface area (Å²) < 4.78 is 11.3. The number of hydrogen-bond acceptors (Lipinski definition) is 5. The molecule has 29 heavy (non-hydrogen) atoms. The molecular weight excluding hydrogens is 390 g/mol. The van der Waals surface area contributed by atoms with Crippen LogP contribution >= 0.6 is 11.6 Å². The molecule has 6 nitrogen and oxygen atoms in total.